The van der Waals surface area contributed by atoms with E-state index < -0.39 is 0 Å². The molecule has 4 nitrogen and oxygen atoms in total. The average molecular weight is 242 g/mol. The lowest BCUT2D eigenvalue weighted by atomic mass is 9.87. The predicted octanol–water partition coefficient (Wildman–Crippen LogP) is 1.03. The molecule has 1 saturated carbocycles. The lowest BCUT2D eigenvalue weighted by Crippen LogP contribution is -2.38. The zero-order valence-corrected chi connectivity index (χ0v) is 10.8. The van der Waals surface area contributed by atoms with Crippen LogP contribution in [0.1, 0.15) is 45.4 Å². The Bertz CT molecular complexity index is 225. The van der Waals surface area contributed by atoms with E-state index in [4.69, 9.17) is 5.73 Å². The molecule has 0 aliphatic heterocycles. The molecular formula is C13H26N2O2. The molecule has 17 heavy (non-hydrogen) atoms. The van der Waals surface area contributed by atoms with Crippen LogP contribution in [-0.4, -0.2) is 30.2 Å². The first kappa shape index (κ1) is 14.5. The molecule has 4 heteroatoms. The van der Waals surface area contributed by atoms with E-state index in [9.17, 15) is 9.90 Å². The molecule has 1 unspecified atom stereocenters. The van der Waals surface area contributed by atoms with E-state index in [1.807, 2.05) is 0 Å². The van der Waals surface area contributed by atoms with Gasteiger partial charge in [-0.25, -0.2) is 0 Å². The first-order valence-corrected chi connectivity index (χ1v) is 6.83. The Morgan fingerprint density at radius 3 is 2.59 bits per heavy atom. The van der Waals surface area contributed by atoms with Crippen LogP contribution in [0.5, 0.6) is 0 Å². The fraction of sp³-hybridized carbons (Fsp3) is 0.923. The normalized spacial score (nSPS) is 26.5. The highest BCUT2D eigenvalue weighted by Crippen LogP contribution is 2.23. The number of carbonyl (C=O) groups is 1. The third kappa shape index (κ3) is 5.04. The molecule has 0 bridgehead atoms. The molecule has 1 aliphatic rings. The number of hydrogen-bond donors (Lipinski definition) is 3. The first-order chi connectivity index (χ1) is 8.17. The van der Waals surface area contributed by atoms with Crippen molar-refractivity contribution < 1.29 is 9.90 Å². The summed E-state index contributed by atoms with van der Waals surface area (Å²) >= 11 is 0. The largest absolute Gasteiger partial charge is 0.393 e. The molecule has 0 heterocycles. The van der Waals surface area contributed by atoms with Crippen LogP contribution in [0.25, 0.3) is 0 Å². The molecule has 100 valence electrons. The van der Waals surface area contributed by atoms with E-state index in [0.717, 1.165) is 45.1 Å². The summed E-state index contributed by atoms with van der Waals surface area (Å²) in [6, 6.07) is 0. The van der Waals surface area contributed by atoms with Crippen LogP contribution in [0.2, 0.25) is 0 Å². The van der Waals surface area contributed by atoms with Crippen LogP contribution in [-0.2, 0) is 4.79 Å². The first-order valence-electron chi connectivity index (χ1n) is 6.83. The average Bonchev–Trinajstić information content (AvgIpc) is 2.35. The Hall–Kier alpha value is -0.610. The van der Waals surface area contributed by atoms with Gasteiger partial charge in [-0.2, -0.15) is 0 Å². The lowest BCUT2D eigenvalue weighted by molar-refractivity contribution is -0.125. The second-order valence-electron chi connectivity index (χ2n) is 5.14. The van der Waals surface area contributed by atoms with Gasteiger partial charge in [-0.1, -0.05) is 13.3 Å². The molecule has 1 fully saturated rings. The smallest absolute Gasteiger partial charge is 0.224 e. The van der Waals surface area contributed by atoms with E-state index in [0.29, 0.717) is 12.5 Å². The molecule has 0 saturated heterocycles. The molecule has 0 radical (unpaired) electrons. The SMILES string of the molecule is CCCC(CN)C(=O)NCC1CCC(O)CC1. The third-order valence-corrected chi connectivity index (χ3v) is 3.67. The summed E-state index contributed by atoms with van der Waals surface area (Å²) in [5.41, 5.74) is 5.59. The fourth-order valence-corrected chi connectivity index (χ4v) is 2.44. The van der Waals surface area contributed by atoms with E-state index >= 15 is 0 Å². The minimum atomic E-state index is -0.126. The molecule has 0 aromatic heterocycles. The van der Waals surface area contributed by atoms with Crippen LogP contribution in [0.4, 0.5) is 0 Å². The second-order valence-corrected chi connectivity index (χ2v) is 5.14. The van der Waals surface area contributed by atoms with Gasteiger partial charge in [0.05, 0.1) is 12.0 Å². The summed E-state index contributed by atoms with van der Waals surface area (Å²) in [7, 11) is 0. The number of aliphatic hydroxyl groups is 1. The van der Waals surface area contributed by atoms with Gasteiger partial charge in [-0.3, -0.25) is 4.79 Å². The van der Waals surface area contributed by atoms with Crippen LogP contribution >= 0.6 is 0 Å². The molecule has 1 aliphatic carbocycles. The van der Waals surface area contributed by atoms with Crippen LogP contribution in [0.15, 0.2) is 0 Å². The number of nitrogens with one attached hydrogen (secondary N) is 1. The number of hydrogen-bond acceptors (Lipinski definition) is 3. The predicted molar refractivity (Wildman–Crippen MR) is 68.4 cm³/mol. The summed E-state index contributed by atoms with van der Waals surface area (Å²) in [4.78, 5) is 11.8. The highest BCUT2D eigenvalue weighted by atomic mass is 16.3. The zero-order valence-electron chi connectivity index (χ0n) is 10.8. The van der Waals surface area contributed by atoms with Crippen molar-refractivity contribution >= 4 is 5.91 Å². The van der Waals surface area contributed by atoms with Crippen molar-refractivity contribution in [1.82, 2.24) is 5.32 Å². The Morgan fingerprint density at radius 2 is 2.06 bits per heavy atom. The van der Waals surface area contributed by atoms with Gasteiger partial charge in [0, 0.05) is 13.1 Å². The molecule has 0 aromatic carbocycles. The number of carbonyl (C=O) groups excluding carboxylic acids is 1. The van der Waals surface area contributed by atoms with E-state index in [1.54, 1.807) is 0 Å². The Kier molecular flexibility index (Phi) is 6.52. The van der Waals surface area contributed by atoms with Crippen molar-refractivity contribution in [2.45, 2.75) is 51.6 Å². The van der Waals surface area contributed by atoms with Crippen molar-refractivity contribution in [3.8, 4) is 0 Å². The fourth-order valence-electron chi connectivity index (χ4n) is 2.44. The van der Waals surface area contributed by atoms with Gasteiger partial charge in [-0.15, -0.1) is 0 Å². The summed E-state index contributed by atoms with van der Waals surface area (Å²) in [6.07, 6.45) is 5.51. The maximum atomic E-state index is 11.8. The van der Waals surface area contributed by atoms with Gasteiger partial charge < -0.3 is 16.2 Å². The number of nitrogens with two attached hydrogens (primary N) is 1. The maximum absolute atomic E-state index is 11.8. The van der Waals surface area contributed by atoms with Gasteiger partial charge in [0.25, 0.3) is 0 Å². The Labute approximate surface area is 104 Å². The van der Waals surface area contributed by atoms with E-state index in [-0.39, 0.29) is 17.9 Å². The lowest BCUT2D eigenvalue weighted by Gasteiger charge is -2.26. The number of rotatable bonds is 6. The van der Waals surface area contributed by atoms with Gasteiger partial charge in [-0.05, 0) is 38.0 Å². The van der Waals surface area contributed by atoms with Crippen molar-refractivity contribution in [3.05, 3.63) is 0 Å². The molecule has 0 spiro atoms. The van der Waals surface area contributed by atoms with Crippen molar-refractivity contribution in [2.24, 2.45) is 17.6 Å². The number of amides is 1. The van der Waals surface area contributed by atoms with Gasteiger partial charge >= 0.3 is 0 Å². The topological polar surface area (TPSA) is 75.4 Å². The molecule has 4 N–H and O–H groups in total. The monoisotopic (exact) mass is 242 g/mol. The molecule has 1 amide bonds. The van der Waals surface area contributed by atoms with Crippen molar-refractivity contribution in [2.75, 3.05) is 13.1 Å². The van der Waals surface area contributed by atoms with Crippen molar-refractivity contribution in [3.63, 3.8) is 0 Å². The standard InChI is InChI=1S/C13H26N2O2/c1-2-3-11(8-14)13(17)15-9-10-4-6-12(16)7-5-10/h10-12,16H,2-9,14H2,1H3,(H,15,17). The number of aliphatic hydroxyl groups excluding tert-OH is 1. The summed E-state index contributed by atoms with van der Waals surface area (Å²) in [5, 5.41) is 12.4. The molecular weight excluding hydrogens is 216 g/mol. The quantitative estimate of drug-likeness (QED) is 0.651. The summed E-state index contributed by atoms with van der Waals surface area (Å²) < 4.78 is 0. The summed E-state index contributed by atoms with van der Waals surface area (Å²) in [6.45, 7) is 3.24. The van der Waals surface area contributed by atoms with Gasteiger partial charge in [0.2, 0.25) is 5.91 Å². The Morgan fingerprint density at radius 1 is 1.41 bits per heavy atom. The van der Waals surface area contributed by atoms with Crippen molar-refractivity contribution in [1.29, 1.82) is 0 Å². The molecule has 1 atom stereocenters. The summed E-state index contributed by atoms with van der Waals surface area (Å²) in [5.74, 6) is 0.594. The minimum absolute atomic E-state index is 0.0332. The highest BCUT2D eigenvalue weighted by molar-refractivity contribution is 5.78. The van der Waals surface area contributed by atoms with Gasteiger partial charge in [0.15, 0.2) is 0 Å². The highest BCUT2D eigenvalue weighted by Gasteiger charge is 2.21. The van der Waals surface area contributed by atoms with Crippen LogP contribution < -0.4 is 11.1 Å². The molecule has 0 aromatic rings. The van der Waals surface area contributed by atoms with E-state index in [2.05, 4.69) is 12.2 Å². The zero-order chi connectivity index (χ0) is 12.7. The third-order valence-electron chi connectivity index (χ3n) is 3.67. The molecule has 1 rings (SSSR count). The Balaban J connectivity index is 2.22. The second kappa shape index (κ2) is 7.67. The van der Waals surface area contributed by atoms with E-state index in [1.165, 1.54) is 0 Å². The van der Waals surface area contributed by atoms with Crippen LogP contribution in [0.3, 0.4) is 0 Å². The minimum Gasteiger partial charge on any atom is -0.393 e. The maximum Gasteiger partial charge on any atom is 0.224 e. The van der Waals surface area contributed by atoms with Crippen LogP contribution in [0, 0.1) is 11.8 Å². The van der Waals surface area contributed by atoms with Gasteiger partial charge in [0.1, 0.15) is 0 Å².